The molecule has 2 nitrogen and oxygen atoms in total. The highest BCUT2D eigenvalue weighted by molar-refractivity contribution is 6.29. The second-order valence-electron chi connectivity index (χ2n) is 17.3. The smallest absolute Gasteiger partial charge is 0.0715 e. The number of para-hydroxylation sites is 2. The third-order valence-electron chi connectivity index (χ3n) is 13.1. The third kappa shape index (κ3) is 4.81. The minimum atomic E-state index is -0.567. The zero-order valence-electron chi connectivity index (χ0n) is 33.4. The van der Waals surface area contributed by atoms with Gasteiger partial charge in [-0.25, -0.2) is 0 Å². The largest absolute Gasteiger partial charge is 0.310 e. The summed E-state index contributed by atoms with van der Waals surface area (Å²) in [5, 5.41) is 7.60. The summed E-state index contributed by atoms with van der Waals surface area (Å²) in [6.07, 6.45) is 0. The first kappa shape index (κ1) is 33.9. The number of hydrogen-bond donors (Lipinski definition) is 0. The van der Waals surface area contributed by atoms with Crippen molar-refractivity contribution < 1.29 is 0 Å². The van der Waals surface area contributed by atoms with E-state index in [0.29, 0.717) is 0 Å². The van der Waals surface area contributed by atoms with Gasteiger partial charge in [-0.1, -0.05) is 166 Å². The molecule has 12 rings (SSSR count). The Bertz CT molecular complexity index is 3060. The molecule has 6 bridgehead atoms. The SMILES string of the molecule is CC(C)(C)c1cc2ccc3c4cc(c5ccc(c1)c2c35)N(c1ccccc1)c1cccc(c1)C1(c2cccc(c2)N4c2ccccc2)c2ccccc2-c2ccccc21. The zero-order valence-corrected chi connectivity index (χ0v) is 33.4. The molecule has 0 saturated carbocycles. The first-order valence-corrected chi connectivity index (χ1v) is 20.8. The Morgan fingerprint density at radius 2 is 0.814 bits per heavy atom. The summed E-state index contributed by atoms with van der Waals surface area (Å²) >= 11 is 0. The van der Waals surface area contributed by atoms with Crippen LogP contribution in [-0.2, 0) is 10.8 Å². The fraction of sp³-hybridized carbons (Fsp3) is 0.0877. The van der Waals surface area contributed by atoms with E-state index < -0.39 is 5.41 Å². The van der Waals surface area contributed by atoms with Crippen molar-refractivity contribution in [3.63, 3.8) is 0 Å². The van der Waals surface area contributed by atoms with E-state index in [1.54, 1.807) is 0 Å². The number of fused-ring (bicyclic) bond motifs is 15. The van der Waals surface area contributed by atoms with Crippen LogP contribution in [0.4, 0.5) is 34.1 Å². The van der Waals surface area contributed by atoms with Gasteiger partial charge in [-0.15, -0.1) is 0 Å². The van der Waals surface area contributed by atoms with Crippen LogP contribution in [0.3, 0.4) is 0 Å². The Morgan fingerprint density at radius 3 is 1.29 bits per heavy atom. The van der Waals surface area contributed by atoms with Gasteiger partial charge in [-0.3, -0.25) is 0 Å². The molecule has 0 N–H and O–H groups in total. The number of benzene rings is 10. The maximum atomic E-state index is 2.50. The van der Waals surface area contributed by atoms with Crippen molar-refractivity contribution in [2.45, 2.75) is 31.6 Å². The highest BCUT2D eigenvalue weighted by Gasteiger charge is 2.46. The zero-order chi connectivity index (χ0) is 39.5. The first-order valence-electron chi connectivity index (χ1n) is 20.8. The molecule has 59 heavy (non-hydrogen) atoms. The lowest BCUT2D eigenvalue weighted by atomic mass is 9.67. The summed E-state index contributed by atoms with van der Waals surface area (Å²) < 4.78 is 0. The molecule has 10 aromatic carbocycles. The molecule has 280 valence electrons. The standard InChI is InChI=1S/C57H42N2/c1-56(2,3)41-32-37-28-30-48-52-36-53(49-31-29-38(33-41)54(37)55(48)49)59(43-20-8-5-9-21-43)45-23-15-17-40(35-45)57(50-26-12-10-24-46(50)47-25-11-13-27-51(47)57)39-16-14-22-44(34-39)58(52)42-18-6-4-7-19-42/h4-36H,1-3H3. The van der Waals surface area contributed by atoms with E-state index in [4.69, 9.17) is 0 Å². The van der Waals surface area contributed by atoms with Crippen molar-refractivity contribution in [3.8, 4) is 11.1 Å². The molecule has 1 aliphatic carbocycles. The molecule has 0 atom stereocenters. The highest BCUT2D eigenvalue weighted by atomic mass is 15.2. The molecule has 0 unspecified atom stereocenters. The lowest BCUT2D eigenvalue weighted by Crippen LogP contribution is -2.29. The molecule has 0 aromatic heterocycles. The van der Waals surface area contributed by atoms with Gasteiger partial charge < -0.3 is 9.80 Å². The first-order chi connectivity index (χ1) is 28.9. The van der Waals surface area contributed by atoms with Crippen LogP contribution in [0.1, 0.15) is 48.6 Å². The van der Waals surface area contributed by atoms with Gasteiger partial charge in [0.2, 0.25) is 0 Å². The average Bonchev–Trinajstić information content (AvgIpc) is 3.58. The Kier molecular flexibility index (Phi) is 7.14. The predicted molar refractivity (Wildman–Crippen MR) is 249 cm³/mol. The minimum Gasteiger partial charge on any atom is -0.310 e. The maximum absolute atomic E-state index is 2.50. The van der Waals surface area contributed by atoms with Gasteiger partial charge in [-0.05, 0) is 115 Å². The fourth-order valence-electron chi connectivity index (χ4n) is 10.5. The van der Waals surface area contributed by atoms with Gasteiger partial charge in [0.05, 0.1) is 16.8 Å². The van der Waals surface area contributed by atoms with Gasteiger partial charge in [0.1, 0.15) is 0 Å². The monoisotopic (exact) mass is 754 g/mol. The van der Waals surface area contributed by atoms with Crippen LogP contribution < -0.4 is 9.80 Å². The van der Waals surface area contributed by atoms with E-state index in [0.717, 1.165) is 34.1 Å². The normalized spacial score (nSPS) is 14.1. The molecule has 0 fully saturated rings. The van der Waals surface area contributed by atoms with Crippen LogP contribution in [0.15, 0.2) is 200 Å². The van der Waals surface area contributed by atoms with Gasteiger partial charge in [0.25, 0.3) is 0 Å². The lowest BCUT2D eigenvalue weighted by Gasteiger charge is -2.38. The van der Waals surface area contributed by atoms with E-state index in [1.165, 1.54) is 71.3 Å². The molecule has 1 heterocycles. The predicted octanol–water partition coefficient (Wildman–Crippen LogP) is 15.5. The molecule has 2 aliphatic rings. The highest BCUT2D eigenvalue weighted by Crippen LogP contribution is 2.58. The molecule has 2 heteroatoms. The molecule has 1 spiro atoms. The fourth-order valence-corrected chi connectivity index (χ4v) is 10.5. The second kappa shape index (κ2) is 12.4. The molecule has 0 saturated heterocycles. The second-order valence-corrected chi connectivity index (χ2v) is 17.3. The maximum Gasteiger partial charge on any atom is 0.0715 e. The van der Waals surface area contributed by atoms with Crippen molar-refractivity contribution in [2.75, 3.05) is 9.80 Å². The van der Waals surface area contributed by atoms with E-state index in [-0.39, 0.29) is 5.41 Å². The van der Waals surface area contributed by atoms with Crippen LogP contribution in [0.2, 0.25) is 0 Å². The van der Waals surface area contributed by atoms with Gasteiger partial charge in [-0.2, -0.15) is 0 Å². The van der Waals surface area contributed by atoms with Crippen molar-refractivity contribution >= 4 is 66.4 Å². The Labute approximate surface area is 345 Å². The minimum absolute atomic E-state index is 0.0243. The van der Waals surface area contributed by atoms with Crippen LogP contribution in [0.25, 0.3) is 43.4 Å². The summed E-state index contributed by atoms with van der Waals surface area (Å²) in [5.41, 5.74) is 15.2. The molecule has 0 radical (unpaired) electrons. The van der Waals surface area contributed by atoms with E-state index in [2.05, 4.69) is 231 Å². The summed E-state index contributed by atoms with van der Waals surface area (Å²) in [4.78, 5) is 5.00. The van der Waals surface area contributed by atoms with Crippen molar-refractivity contribution in [1.29, 1.82) is 0 Å². The van der Waals surface area contributed by atoms with E-state index in [9.17, 15) is 0 Å². The van der Waals surface area contributed by atoms with Crippen LogP contribution in [-0.4, -0.2) is 0 Å². The Morgan fingerprint density at radius 1 is 0.373 bits per heavy atom. The average molecular weight is 755 g/mol. The topological polar surface area (TPSA) is 6.48 Å². The molecule has 0 amide bonds. The van der Waals surface area contributed by atoms with Gasteiger partial charge in [0, 0.05) is 38.9 Å². The number of rotatable bonds is 2. The van der Waals surface area contributed by atoms with Crippen LogP contribution in [0, 0.1) is 0 Å². The van der Waals surface area contributed by atoms with Crippen molar-refractivity contribution in [2.24, 2.45) is 0 Å². The van der Waals surface area contributed by atoms with Crippen molar-refractivity contribution in [1.82, 2.24) is 0 Å². The van der Waals surface area contributed by atoms with E-state index in [1.807, 2.05) is 0 Å². The number of nitrogens with zero attached hydrogens (tertiary/aromatic N) is 2. The van der Waals surface area contributed by atoms with Crippen LogP contribution >= 0.6 is 0 Å². The molecular formula is C57H42N2. The molecule has 1 aliphatic heterocycles. The molecular weight excluding hydrogens is 713 g/mol. The summed E-state index contributed by atoms with van der Waals surface area (Å²) in [5.74, 6) is 0. The Hall–Kier alpha value is -7.16. The summed E-state index contributed by atoms with van der Waals surface area (Å²) in [6.45, 7) is 6.93. The van der Waals surface area contributed by atoms with Crippen molar-refractivity contribution in [3.05, 3.63) is 228 Å². The van der Waals surface area contributed by atoms with Gasteiger partial charge >= 0.3 is 0 Å². The summed E-state index contributed by atoms with van der Waals surface area (Å²) in [6, 6.07) is 75.4. The lowest BCUT2D eigenvalue weighted by molar-refractivity contribution is 0.591. The van der Waals surface area contributed by atoms with Crippen LogP contribution in [0.5, 0.6) is 0 Å². The van der Waals surface area contributed by atoms with E-state index >= 15 is 0 Å². The van der Waals surface area contributed by atoms with Gasteiger partial charge in [0.15, 0.2) is 0 Å². The quantitative estimate of drug-likeness (QED) is 0.162. The third-order valence-corrected chi connectivity index (χ3v) is 13.1. The number of anilines is 6. The summed E-state index contributed by atoms with van der Waals surface area (Å²) in [7, 11) is 0. The molecule has 10 aromatic rings. The Balaban J connectivity index is 1.28. The number of hydrogen-bond acceptors (Lipinski definition) is 2.